The quantitative estimate of drug-likeness (QED) is 0.805. The van der Waals surface area contributed by atoms with Gasteiger partial charge in [0, 0.05) is 29.6 Å². The Balaban J connectivity index is 1.44. The molecule has 2 aliphatic heterocycles. The highest BCUT2D eigenvalue weighted by Gasteiger charge is 2.17. The third-order valence-electron chi connectivity index (χ3n) is 4.04. The molecule has 1 aromatic rings. The van der Waals surface area contributed by atoms with Crippen LogP contribution in [0, 0.1) is 0 Å². The summed E-state index contributed by atoms with van der Waals surface area (Å²) >= 11 is 3.58. The van der Waals surface area contributed by atoms with Crippen molar-refractivity contribution in [1.29, 1.82) is 0 Å². The molecular weight excluding hydrogens is 318 g/mol. The molecule has 3 nitrogen and oxygen atoms in total. The summed E-state index contributed by atoms with van der Waals surface area (Å²) in [5.74, 6) is 1.10. The van der Waals surface area contributed by atoms with Crippen molar-refractivity contribution in [1.82, 2.24) is 5.32 Å². The van der Waals surface area contributed by atoms with Gasteiger partial charge < -0.3 is 14.8 Å². The van der Waals surface area contributed by atoms with Crippen LogP contribution in [0.3, 0.4) is 0 Å². The van der Waals surface area contributed by atoms with Crippen LogP contribution >= 0.6 is 15.9 Å². The molecular formula is C16H22BrNO2. The smallest absolute Gasteiger partial charge is 0.127 e. The van der Waals surface area contributed by atoms with E-state index in [2.05, 4.69) is 33.4 Å². The molecule has 2 heterocycles. The number of benzene rings is 1. The predicted octanol–water partition coefficient (Wildman–Crippen LogP) is 3.43. The van der Waals surface area contributed by atoms with E-state index in [-0.39, 0.29) is 0 Å². The number of hydrogen-bond donors (Lipinski definition) is 1. The number of ether oxygens (including phenoxy) is 2. The molecule has 0 spiro atoms. The zero-order chi connectivity index (χ0) is 13.8. The molecule has 0 aromatic heterocycles. The predicted molar refractivity (Wildman–Crippen MR) is 83.3 cm³/mol. The molecule has 2 aliphatic rings. The first-order chi connectivity index (χ1) is 9.83. The Bertz CT molecular complexity index is 458. The lowest BCUT2D eigenvalue weighted by Gasteiger charge is -2.12. The van der Waals surface area contributed by atoms with Crippen LogP contribution in [0.1, 0.15) is 36.8 Å². The van der Waals surface area contributed by atoms with E-state index >= 15 is 0 Å². The summed E-state index contributed by atoms with van der Waals surface area (Å²) in [5.41, 5.74) is 2.60. The fourth-order valence-electron chi connectivity index (χ4n) is 3.03. The number of nitrogens with one attached hydrogen (secondary N) is 1. The van der Waals surface area contributed by atoms with E-state index in [9.17, 15) is 0 Å². The summed E-state index contributed by atoms with van der Waals surface area (Å²) in [5, 5.41) is 3.53. The highest BCUT2D eigenvalue weighted by atomic mass is 79.9. The highest BCUT2D eigenvalue weighted by Crippen LogP contribution is 2.32. The van der Waals surface area contributed by atoms with Gasteiger partial charge in [0.15, 0.2) is 0 Å². The topological polar surface area (TPSA) is 30.5 Å². The van der Waals surface area contributed by atoms with Crippen LogP contribution in [0.2, 0.25) is 0 Å². The molecule has 4 heteroatoms. The van der Waals surface area contributed by atoms with Gasteiger partial charge in [-0.05, 0) is 49.9 Å². The van der Waals surface area contributed by atoms with Crippen molar-refractivity contribution >= 4 is 15.9 Å². The van der Waals surface area contributed by atoms with E-state index in [1.54, 1.807) is 0 Å². The molecule has 1 fully saturated rings. The van der Waals surface area contributed by atoms with Gasteiger partial charge in [-0.2, -0.15) is 0 Å². The van der Waals surface area contributed by atoms with Crippen LogP contribution < -0.4 is 10.1 Å². The summed E-state index contributed by atoms with van der Waals surface area (Å²) in [6, 6.07) is 4.33. The molecule has 0 aliphatic carbocycles. The lowest BCUT2D eigenvalue weighted by atomic mass is 10.1. The van der Waals surface area contributed by atoms with Gasteiger partial charge in [-0.3, -0.25) is 0 Å². The van der Waals surface area contributed by atoms with Crippen LogP contribution in [-0.2, 0) is 17.7 Å². The average Bonchev–Trinajstić information content (AvgIpc) is 3.08. The molecule has 1 unspecified atom stereocenters. The van der Waals surface area contributed by atoms with Gasteiger partial charge >= 0.3 is 0 Å². The summed E-state index contributed by atoms with van der Waals surface area (Å²) in [6.45, 7) is 3.70. The van der Waals surface area contributed by atoms with Gasteiger partial charge in [0.05, 0.1) is 12.7 Å². The Morgan fingerprint density at radius 1 is 1.30 bits per heavy atom. The van der Waals surface area contributed by atoms with Crippen molar-refractivity contribution < 1.29 is 9.47 Å². The lowest BCUT2D eigenvalue weighted by Crippen LogP contribution is -2.17. The minimum Gasteiger partial charge on any atom is -0.493 e. The summed E-state index contributed by atoms with van der Waals surface area (Å²) in [4.78, 5) is 0. The second-order valence-corrected chi connectivity index (χ2v) is 6.52. The largest absolute Gasteiger partial charge is 0.493 e. The van der Waals surface area contributed by atoms with E-state index in [0.29, 0.717) is 6.10 Å². The molecule has 1 N–H and O–H groups in total. The maximum Gasteiger partial charge on any atom is 0.127 e. The van der Waals surface area contributed by atoms with E-state index in [1.165, 1.54) is 36.8 Å². The van der Waals surface area contributed by atoms with E-state index < -0.39 is 0 Å². The van der Waals surface area contributed by atoms with Gasteiger partial charge in [-0.25, -0.2) is 0 Å². The molecule has 0 saturated carbocycles. The summed E-state index contributed by atoms with van der Waals surface area (Å²) in [7, 11) is 0. The Morgan fingerprint density at radius 3 is 3.10 bits per heavy atom. The first kappa shape index (κ1) is 14.4. The Kier molecular flexibility index (Phi) is 4.97. The van der Waals surface area contributed by atoms with E-state index in [4.69, 9.17) is 9.47 Å². The molecule has 3 rings (SSSR count). The SMILES string of the molecule is Brc1cc2c(c(CNCCCC3CCCO3)c1)OCC2. The van der Waals surface area contributed by atoms with Gasteiger partial charge in [-0.15, -0.1) is 0 Å². The van der Waals surface area contributed by atoms with E-state index in [0.717, 1.165) is 42.9 Å². The summed E-state index contributed by atoms with van der Waals surface area (Å²) < 4.78 is 12.5. The third-order valence-corrected chi connectivity index (χ3v) is 4.50. The van der Waals surface area contributed by atoms with Crippen LogP contribution in [0.15, 0.2) is 16.6 Å². The Hall–Kier alpha value is -0.580. The highest BCUT2D eigenvalue weighted by molar-refractivity contribution is 9.10. The third kappa shape index (κ3) is 3.54. The molecule has 1 atom stereocenters. The van der Waals surface area contributed by atoms with E-state index in [1.807, 2.05) is 0 Å². The fraction of sp³-hybridized carbons (Fsp3) is 0.625. The van der Waals surface area contributed by atoms with Gasteiger partial charge in [-0.1, -0.05) is 15.9 Å². The first-order valence-corrected chi connectivity index (χ1v) is 8.38. The van der Waals surface area contributed by atoms with Crippen molar-refractivity contribution in [2.75, 3.05) is 19.8 Å². The molecule has 1 saturated heterocycles. The Morgan fingerprint density at radius 2 is 2.25 bits per heavy atom. The molecule has 110 valence electrons. The second-order valence-electron chi connectivity index (χ2n) is 5.61. The number of rotatable bonds is 6. The zero-order valence-corrected chi connectivity index (χ0v) is 13.4. The summed E-state index contributed by atoms with van der Waals surface area (Å²) in [6.07, 6.45) is 6.38. The maximum absolute atomic E-state index is 5.74. The normalized spacial score (nSPS) is 20.9. The minimum atomic E-state index is 0.509. The van der Waals surface area contributed by atoms with Gasteiger partial charge in [0.1, 0.15) is 5.75 Å². The monoisotopic (exact) mass is 339 g/mol. The number of hydrogen-bond acceptors (Lipinski definition) is 3. The van der Waals surface area contributed by atoms with Crippen molar-refractivity contribution in [3.63, 3.8) is 0 Å². The van der Waals surface area contributed by atoms with Crippen molar-refractivity contribution in [2.24, 2.45) is 0 Å². The number of halogens is 1. The maximum atomic E-state index is 5.74. The van der Waals surface area contributed by atoms with Crippen LogP contribution in [0.4, 0.5) is 0 Å². The minimum absolute atomic E-state index is 0.509. The van der Waals surface area contributed by atoms with Crippen LogP contribution in [-0.4, -0.2) is 25.9 Å². The lowest BCUT2D eigenvalue weighted by molar-refractivity contribution is 0.102. The fourth-order valence-corrected chi connectivity index (χ4v) is 3.58. The zero-order valence-electron chi connectivity index (χ0n) is 11.8. The van der Waals surface area contributed by atoms with Crippen molar-refractivity contribution in [2.45, 2.75) is 44.8 Å². The molecule has 20 heavy (non-hydrogen) atoms. The van der Waals surface area contributed by atoms with Crippen LogP contribution in [0.25, 0.3) is 0 Å². The molecule has 0 radical (unpaired) electrons. The molecule has 0 bridgehead atoms. The van der Waals surface area contributed by atoms with Gasteiger partial charge in [0.25, 0.3) is 0 Å². The first-order valence-electron chi connectivity index (χ1n) is 7.59. The molecule has 1 aromatic carbocycles. The molecule has 0 amide bonds. The van der Waals surface area contributed by atoms with Crippen LogP contribution in [0.5, 0.6) is 5.75 Å². The standard InChI is InChI=1S/C16H22BrNO2/c17-14-9-12-5-8-20-16(12)13(10-14)11-18-6-1-3-15-4-2-7-19-15/h9-10,15,18H,1-8,11H2. The Labute approximate surface area is 129 Å². The second kappa shape index (κ2) is 6.92. The van der Waals surface area contributed by atoms with Crippen molar-refractivity contribution in [3.8, 4) is 5.75 Å². The van der Waals surface area contributed by atoms with Gasteiger partial charge in [0.2, 0.25) is 0 Å². The average molecular weight is 340 g/mol. The number of fused-ring (bicyclic) bond motifs is 1. The van der Waals surface area contributed by atoms with Crippen molar-refractivity contribution in [3.05, 3.63) is 27.7 Å².